The zero-order chi connectivity index (χ0) is 18.2. The van der Waals surface area contributed by atoms with Gasteiger partial charge in [0.05, 0.1) is 12.2 Å². The Hall–Kier alpha value is -2.81. The molecule has 6 nitrogen and oxygen atoms in total. The Balaban J connectivity index is 1.99. The predicted octanol–water partition coefficient (Wildman–Crippen LogP) is 2.94. The van der Waals surface area contributed by atoms with Crippen LogP contribution in [0.5, 0.6) is 0 Å². The molecule has 0 atom stereocenters. The van der Waals surface area contributed by atoms with Crippen LogP contribution in [0.25, 0.3) is 0 Å². The minimum Gasteiger partial charge on any atom is -0.462 e. The normalized spacial score (nSPS) is 15.4. The second-order valence-corrected chi connectivity index (χ2v) is 6.09. The number of anilines is 1. The van der Waals surface area contributed by atoms with Gasteiger partial charge in [0.25, 0.3) is 5.91 Å². The van der Waals surface area contributed by atoms with Crippen LogP contribution in [0, 0.1) is 17.2 Å². The molecule has 0 spiro atoms. The fourth-order valence-corrected chi connectivity index (χ4v) is 2.60. The van der Waals surface area contributed by atoms with Gasteiger partial charge in [0.1, 0.15) is 11.6 Å². The number of nitrogens with zero attached hydrogens (tertiary/aromatic N) is 2. The van der Waals surface area contributed by atoms with Crippen molar-refractivity contribution in [2.24, 2.45) is 5.92 Å². The van der Waals surface area contributed by atoms with E-state index in [1.54, 1.807) is 36.1 Å². The lowest BCUT2D eigenvalue weighted by atomic mass is 9.99. The monoisotopic (exact) mass is 341 g/mol. The lowest BCUT2D eigenvalue weighted by molar-refractivity contribution is -0.128. The lowest BCUT2D eigenvalue weighted by Crippen LogP contribution is -2.38. The molecule has 0 aliphatic carbocycles. The summed E-state index contributed by atoms with van der Waals surface area (Å²) < 4.78 is 4.93. The lowest BCUT2D eigenvalue weighted by Gasteiger charge is -2.30. The molecule has 132 valence electrons. The third kappa shape index (κ3) is 5.08. The summed E-state index contributed by atoms with van der Waals surface area (Å²) in [6, 6.07) is 8.62. The number of piperidine rings is 1. The molecule has 1 amide bonds. The highest BCUT2D eigenvalue weighted by atomic mass is 16.5. The van der Waals surface area contributed by atoms with Gasteiger partial charge in [-0.25, -0.2) is 4.79 Å². The third-order valence-corrected chi connectivity index (χ3v) is 4.20. The number of ether oxygens (including phenoxy) is 1. The molecule has 6 heteroatoms. The van der Waals surface area contributed by atoms with Crippen molar-refractivity contribution in [2.75, 3.05) is 25.0 Å². The van der Waals surface area contributed by atoms with Gasteiger partial charge in [-0.05, 0) is 49.9 Å². The van der Waals surface area contributed by atoms with E-state index in [9.17, 15) is 14.9 Å². The molecule has 1 aliphatic rings. The number of rotatable bonds is 5. The first-order chi connectivity index (χ1) is 12.0. The highest BCUT2D eigenvalue weighted by molar-refractivity contribution is 5.97. The largest absolute Gasteiger partial charge is 0.462 e. The quantitative estimate of drug-likeness (QED) is 0.506. The van der Waals surface area contributed by atoms with Crippen molar-refractivity contribution < 1.29 is 14.3 Å². The maximum Gasteiger partial charge on any atom is 0.338 e. The first-order valence-electron chi connectivity index (χ1n) is 8.48. The summed E-state index contributed by atoms with van der Waals surface area (Å²) in [5.74, 6) is -0.00328. The first-order valence-corrected chi connectivity index (χ1v) is 8.48. The van der Waals surface area contributed by atoms with Crippen molar-refractivity contribution in [1.82, 2.24) is 4.90 Å². The van der Waals surface area contributed by atoms with Crippen LogP contribution in [0.4, 0.5) is 5.69 Å². The Morgan fingerprint density at radius 2 is 1.96 bits per heavy atom. The summed E-state index contributed by atoms with van der Waals surface area (Å²) in [7, 11) is 0. The number of amides is 1. The van der Waals surface area contributed by atoms with Crippen LogP contribution < -0.4 is 5.32 Å². The Bertz CT molecular complexity index is 681. The number of hydrogen-bond acceptors (Lipinski definition) is 5. The highest BCUT2D eigenvalue weighted by Crippen LogP contribution is 2.18. The van der Waals surface area contributed by atoms with E-state index < -0.39 is 0 Å². The Kier molecular flexibility index (Phi) is 6.58. The summed E-state index contributed by atoms with van der Waals surface area (Å²) in [6.45, 7) is 5.62. The Morgan fingerprint density at radius 1 is 1.32 bits per heavy atom. The highest BCUT2D eigenvalue weighted by Gasteiger charge is 2.22. The molecule has 0 radical (unpaired) electrons. The molecule has 1 N–H and O–H groups in total. The van der Waals surface area contributed by atoms with Gasteiger partial charge in [-0.1, -0.05) is 6.92 Å². The van der Waals surface area contributed by atoms with E-state index in [-0.39, 0.29) is 17.4 Å². The van der Waals surface area contributed by atoms with Crippen LogP contribution in [-0.4, -0.2) is 36.5 Å². The second kappa shape index (κ2) is 8.88. The van der Waals surface area contributed by atoms with Crippen LogP contribution >= 0.6 is 0 Å². The van der Waals surface area contributed by atoms with Crippen molar-refractivity contribution in [3.63, 3.8) is 0 Å². The third-order valence-electron chi connectivity index (χ3n) is 4.20. The van der Waals surface area contributed by atoms with Gasteiger partial charge in [0.2, 0.25) is 0 Å². The van der Waals surface area contributed by atoms with Gasteiger partial charge in [-0.3, -0.25) is 4.79 Å². The molecular weight excluding hydrogens is 318 g/mol. The van der Waals surface area contributed by atoms with E-state index in [4.69, 9.17) is 4.74 Å². The summed E-state index contributed by atoms with van der Waals surface area (Å²) in [5, 5.41) is 12.2. The van der Waals surface area contributed by atoms with Gasteiger partial charge >= 0.3 is 5.97 Å². The molecule has 1 heterocycles. The minimum atomic E-state index is -0.378. The molecule has 2 rings (SSSR count). The first kappa shape index (κ1) is 18.5. The zero-order valence-corrected chi connectivity index (χ0v) is 14.6. The molecule has 1 fully saturated rings. The van der Waals surface area contributed by atoms with Gasteiger partial charge in [0.15, 0.2) is 0 Å². The molecule has 1 aromatic carbocycles. The summed E-state index contributed by atoms with van der Waals surface area (Å²) in [5.41, 5.74) is 1.21. The molecule has 0 aromatic heterocycles. The SMILES string of the molecule is CCOC(=O)c1ccc(N/C=C(/C#N)C(=O)N2CCC(C)CC2)cc1. The number of likely N-dealkylation sites (tertiary alicyclic amines) is 1. The topological polar surface area (TPSA) is 82.4 Å². The summed E-state index contributed by atoms with van der Waals surface area (Å²) in [4.78, 5) is 25.7. The number of benzene rings is 1. The van der Waals surface area contributed by atoms with Gasteiger partial charge < -0.3 is 15.0 Å². The molecular formula is C19H23N3O3. The smallest absolute Gasteiger partial charge is 0.338 e. The average Bonchev–Trinajstić information content (AvgIpc) is 2.63. The molecule has 0 unspecified atom stereocenters. The van der Waals surface area contributed by atoms with Gasteiger partial charge in [0, 0.05) is 25.0 Å². The number of hydrogen-bond donors (Lipinski definition) is 1. The van der Waals surface area contributed by atoms with Crippen molar-refractivity contribution in [1.29, 1.82) is 5.26 Å². The van der Waals surface area contributed by atoms with Crippen molar-refractivity contribution in [2.45, 2.75) is 26.7 Å². The molecule has 0 bridgehead atoms. The fourth-order valence-electron chi connectivity index (χ4n) is 2.60. The van der Waals surface area contributed by atoms with E-state index >= 15 is 0 Å². The number of esters is 1. The van der Waals surface area contributed by atoms with E-state index in [2.05, 4.69) is 12.2 Å². The molecule has 1 aromatic rings. The molecule has 0 saturated carbocycles. The maximum atomic E-state index is 12.4. The number of carbonyl (C=O) groups excluding carboxylic acids is 2. The van der Waals surface area contributed by atoms with E-state index in [1.165, 1.54) is 6.20 Å². The van der Waals surface area contributed by atoms with Crippen molar-refractivity contribution in [3.05, 3.63) is 41.6 Å². The predicted molar refractivity (Wildman–Crippen MR) is 94.7 cm³/mol. The van der Waals surface area contributed by atoms with E-state index in [0.717, 1.165) is 12.8 Å². The molecule has 25 heavy (non-hydrogen) atoms. The summed E-state index contributed by atoms with van der Waals surface area (Å²) in [6.07, 6.45) is 3.35. The van der Waals surface area contributed by atoms with Crippen LogP contribution in [0.2, 0.25) is 0 Å². The maximum absolute atomic E-state index is 12.4. The van der Waals surface area contributed by atoms with Crippen molar-refractivity contribution in [3.8, 4) is 6.07 Å². The van der Waals surface area contributed by atoms with Crippen LogP contribution in [0.1, 0.15) is 37.0 Å². The van der Waals surface area contributed by atoms with Crippen molar-refractivity contribution >= 4 is 17.6 Å². The van der Waals surface area contributed by atoms with Crippen LogP contribution in [0.3, 0.4) is 0 Å². The number of nitriles is 1. The zero-order valence-electron chi connectivity index (χ0n) is 14.6. The summed E-state index contributed by atoms with van der Waals surface area (Å²) >= 11 is 0. The molecule has 1 saturated heterocycles. The molecule has 1 aliphatic heterocycles. The van der Waals surface area contributed by atoms with Gasteiger partial charge in [-0.15, -0.1) is 0 Å². The van der Waals surface area contributed by atoms with Crippen LogP contribution in [0.15, 0.2) is 36.0 Å². The Labute approximate surface area is 148 Å². The number of nitrogens with one attached hydrogen (secondary N) is 1. The fraction of sp³-hybridized carbons (Fsp3) is 0.421. The average molecular weight is 341 g/mol. The van der Waals surface area contributed by atoms with Gasteiger partial charge in [-0.2, -0.15) is 5.26 Å². The minimum absolute atomic E-state index is 0.0732. The van der Waals surface area contributed by atoms with E-state index in [0.29, 0.717) is 36.9 Å². The Morgan fingerprint density at radius 3 is 2.52 bits per heavy atom. The second-order valence-electron chi connectivity index (χ2n) is 6.09. The van der Waals surface area contributed by atoms with E-state index in [1.807, 2.05) is 6.07 Å². The number of carbonyl (C=O) groups is 2. The van der Waals surface area contributed by atoms with Crippen LogP contribution in [-0.2, 0) is 9.53 Å². The standard InChI is InChI=1S/C19H23N3O3/c1-3-25-19(24)15-4-6-17(7-5-15)21-13-16(12-20)18(23)22-10-8-14(2)9-11-22/h4-7,13-14,21H,3,8-11H2,1-2H3/b16-13-.